The molecule has 0 spiro atoms. The number of benzene rings is 2. The van der Waals surface area contributed by atoms with Crippen molar-refractivity contribution >= 4 is 17.6 Å². The van der Waals surface area contributed by atoms with Gasteiger partial charge in [0.2, 0.25) is 5.91 Å². The smallest absolute Gasteiger partial charge is 0.328 e. The molecule has 1 aliphatic carbocycles. The van der Waals surface area contributed by atoms with E-state index in [-0.39, 0.29) is 0 Å². The monoisotopic (exact) mass is 295 g/mol. The molecule has 2 aromatic rings. The van der Waals surface area contributed by atoms with Crippen molar-refractivity contribution in [2.45, 2.75) is 6.10 Å². The molecule has 0 saturated carbocycles. The van der Waals surface area contributed by atoms with E-state index in [1.54, 1.807) is 12.1 Å². The second-order valence-corrected chi connectivity index (χ2v) is 4.95. The minimum atomic E-state index is -1.19. The molecule has 0 bridgehead atoms. The van der Waals surface area contributed by atoms with Gasteiger partial charge in [0.1, 0.15) is 6.10 Å². The van der Waals surface area contributed by atoms with Crippen LogP contribution in [0.25, 0.3) is 11.1 Å². The first-order chi connectivity index (χ1) is 10.6. The van der Waals surface area contributed by atoms with E-state index in [1.165, 1.54) is 0 Å². The highest BCUT2D eigenvalue weighted by Crippen LogP contribution is 2.44. The lowest BCUT2D eigenvalue weighted by molar-refractivity contribution is -0.131. The highest BCUT2D eigenvalue weighted by Gasteiger charge is 2.26. The largest absolute Gasteiger partial charge is 0.478 e. The fraction of sp³-hybridized carbons (Fsp3) is 0.0588. The highest BCUT2D eigenvalue weighted by atomic mass is 16.4. The molecule has 0 aliphatic heterocycles. The molecule has 1 atom stereocenters. The second-order valence-electron chi connectivity index (χ2n) is 4.95. The summed E-state index contributed by atoms with van der Waals surface area (Å²) >= 11 is 0. The molecule has 3 rings (SSSR count). The number of fused-ring (bicyclic) bond motifs is 3. The normalized spacial score (nSPS) is 15.4. The molecule has 22 heavy (non-hydrogen) atoms. The summed E-state index contributed by atoms with van der Waals surface area (Å²) in [5, 5.41) is 21.4. The number of anilines is 1. The lowest BCUT2D eigenvalue weighted by atomic mass is 10.1. The van der Waals surface area contributed by atoms with E-state index in [9.17, 15) is 14.7 Å². The van der Waals surface area contributed by atoms with Crippen LogP contribution < -0.4 is 5.32 Å². The number of carboxylic acid groups (broad SMARTS) is 1. The van der Waals surface area contributed by atoms with E-state index in [4.69, 9.17) is 5.11 Å². The van der Waals surface area contributed by atoms with E-state index >= 15 is 0 Å². The molecule has 1 aliphatic rings. The molecule has 110 valence electrons. The van der Waals surface area contributed by atoms with Crippen molar-refractivity contribution in [3.8, 4) is 11.1 Å². The van der Waals surface area contributed by atoms with Crippen LogP contribution in [0.4, 0.5) is 5.69 Å². The number of hydrogen-bond donors (Lipinski definition) is 3. The summed E-state index contributed by atoms with van der Waals surface area (Å²) in [4.78, 5) is 22.0. The number of rotatable bonds is 3. The topological polar surface area (TPSA) is 86.6 Å². The second kappa shape index (κ2) is 5.46. The maximum atomic E-state index is 11.6. The number of carboxylic acids is 1. The van der Waals surface area contributed by atoms with Gasteiger partial charge in [0, 0.05) is 17.8 Å². The van der Waals surface area contributed by atoms with Gasteiger partial charge in [0.15, 0.2) is 0 Å². The zero-order valence-corrected chi connectivity index (χ0v) is 11.5. The molecule has 0 heterocycles. The molecule has 2 aromatic carbocycles. The summed E-state index contributed by atoms with van der Waals surface area (Å²) in [6.07, 6.45) is 0.992. The zero-order valence-electron chi connectivity index (χ0n) is 11.5. The average Bonchev–Trinajstić information content (AvgIpc) is 2.79. The fourth-order valence-corrected chi connectivity index (χ4v) is 2.59. The van der Waals surface area contributed by atoms with Gasteiger partial charge in [-0.1, -0.05) is 30.3 Å². The molecule has 0 saturated heterocycles. The van der Waals surface area contributed by atoms with Gasteiger partial charge in [-0.2, -0.15) is 0 Å². The van der Waals surface area contributed by atoms with E-state index in [2.05, 4.69) is 5.32 Å². The van der Waals surface area contributed by atoms with Crippen molar-refractivity contribution in [3.63, 3.8) is 0 Å². The van der Waals surface area contributed by atoms with Gasteiger partial charge in [-0.25, -0.2) is 4.79 Å². The van der Waals surface area contributed by atoms with E-state index in [0.717, 1.165) is 34.4 Å². The zero-order chi connectivity index (χ0) is 15.7. The third kappa shape index (κ3) is 2.49. The van der Waals surface area contributed by atoms with Crippen LogP contribution in [0, 0.1) is 0 Å². The summed E-state index contributed by atoms with van der Waals surface area (Å²) in [7, 11) is 0. The van der Waals surface area contributed by atoms with Crippen LogP contribution in [0.15, 0.2) is 54.6 Å². The maximum Gasteiger partial charge on any atom is 0.328 e. The Bertz CT molecular complexity index is 795. The number of aliphatic hydroxyl groups is 1. The van der Waals surface area contributed by atoms with Gasteiger partial charge >= 0.3 is 5.97 Å². The Kier molecular flexibility index (Phi) is 3.48. The SMILES string of the molecule is O=C(O)/C=C\C(=O)Nc1ccc2c(c1)[C@H](O)c1ccccc1-2. The number of aliphatic carboxylic acids is 1. The number of carbonyl (C=O) groups excluding carboxylic acids is 1. The fourth-order valence-electron chi connectivity index (χ4n) is 2.59. The van der Waals surface area contributed by atoms with Gasteiger partial charge in [-0.05, 0) is 34.4 Å². The molecule has 0 radical (unpaired) electrons. The summed E-state index contributed by atoms with van der Waals surface area (Å²) < 4.78 is 0. The first-order valence-corrected chi connectivity index (χ1v) is 6.69. The van der Waals surface area contributed by atoms with Crippen molar-refractivity contribution in [2.75, 3.05) is 5.32 Å². The van der Waals surface area contributed by atoms with Crippen LogP contribution in [0.5, 0.6) is 0 Å². The van der Waals surface area contributed by atoms with E-state index < -0.39 is 18.0 Å². The van der Waals surface area contributed by atoms with E-state index in [0.29, 0.717) is 5.69 Å². The maximum absolute atomic E-state index is 11.6. The third-order valence-corrected chi connectivity index (χ3v) is 3.54. The summed E-state index contributed by atoms with van der Waals surface area (Å²) in [5.74, 6) is -1.72. The number of hydrogen-bond acceptors (Lipinski definition) is 3. The minimum Gasteiger partial charge on any atom is -0.478 e. The molecule has 0 fully saturated rings. The molecule has 0 unspecified atom stereocenters. The molecule has 3 N–H and O–H groups in total. The average molecular weight is 295 g/mol. The molecule has 5 nitrogen and oxygen atoms in total. The molecular weight excluding hydrogens is 282 g/mol. The quantitative estimate of drug-likeness (QED) is 0.758. The molecule has 5 heteroatoms. The summed E-state index contributed by atoms with van der Waals surface area (Å²) in [5.41, 5.74) is 3.98. The summed E-state index contributed by atoms with van der Waals surface area (Å²) in [6, 6.07) is 12.8. The van der Waals surface area contributed by atoms with Gasteiger partial charge in [-0.15, -0.1) is 0 Å². The predicted molar refractivity (Wildman–Crippen MR) is 81.3 cm³/mol. The first kappa shape index (κ1) is 14.0. The Labute approximate surface area is 126 Å². The van der Waals surface area contributed by atoms with Crippen LogP contribution in [0.2, 0.25) is 0 Å². The lowest BCUT2D eigenvalue weighted by Gasteiger charge is -2.08. The van der Waals surface area contributed by atoms with Gasteiger partial charge in [0.05, 0.1) is 0 Å². The van der Waals surface area contributed by atoms with Crippen molar-refractivity contribution < 1.29 is 19.8 Å². The summed E-state index contributed by atoms with van der Waals surface area (Å²) in [6.45, 7) is 0. The first-order valence-electron chi connectivity index (χ1n) is 6.69. The predicted octanol–water partition coefficient (Wildman–Crippen LogP) is 2.33. The van der Waals surface area contributed by atoms with Crippen LogP contribution in [0.1, 0.15) is 17.2 Å². The Balaban J connectivity index is 1.87. The Hall–Kier alpha value is -2.92. The van der Waals surface area contributed by atoms with Gasteiger partial charge < -0.3 is 15.5 Å². The van der Waals surface area contributed by atoms with Crippen LogP contribution in [-0.4, -0.2) is 22.1 Å². The number of carbonyl (C=O) groups is 2. The van der Waals surface area contributed by atoms with E-state index in [1.807, 2.05) is 30.3 Å². The number of aliphatic hydroxyl groups excluding tert-OH is 1. The molecule has 0 aromatic heterocycles. The van der Waals surface area contributed by atoms with Crippen LogP contribution >= 0.6 is 0 Å². The van der Waals surface area contributed by atoms with Crippen molar-refractivity contribution in [2.24, 2.45) is 0 Å². The lowest BCUT2D eigenvalue weighted by Crippen LogP contribution is -2.09. The Morgan fingerprint density at radius 3 is 2.50 bits per heavy atom. The van der Waals surface area contributed by atoms with Gasteiger partial charge in [-0.3, -0.25) is 4.79 Å². The van der Waals surface area contributed by atoms with Crippen molar-refractivity contribution in [1.29, 1.82) is 0 Å². The Morgan fingerprint density at radius 1 is 1.00 bits per heavy atom. The number of amides is 1. The van der Waals surface area contributed by atoms with Crippen molar-refractivity contribution in [3.05, 3.63) is 65.7 Å². The molecule has 1 amide bonds. The van der Waals surface area contributed by atoms with Crippen LogP contribution in [0.3, 0.4) is 0 Å². The highest BCUT2D eigenvalue weighted by molar-refractivity contribution is 6.02. The third-order valence-electron chi connectivity index (χ3n) is 3.54. The Morgan fingerprint density at radius 2 is 1.73 bits per heavy atom. The standard InChI is InChI=1S/C17H13NO4/c19-15(7-8-16(20)21)18-10-5-6-12-11-3-1-2-4-13(11)17(22)14(12)9-10/h1-9,17,22H,(H,18,19)(H,20,21)/b8-7-/t17-/m1/s1. The minimum absolute atomic E-state index is 0.505. The molecular formula is C17H13NO4. The van der Waals surface area contributed by atoms with Crippen LogP contribution in [-0.2, 0) is 9.59 Å². The van der Waals surface area contributed by atoms with Crippen molar-refractivity contribution in [1.82, 2.24) is 0 Å². The van der Waals surface area contributed by atoms with Gasteiger partial charge in [0.25, 0.3) is 0 Å². The number of nitrogens with one attached hydrogen (secondary N) is 1.